The minimum Gasteiger partial charge on any atom is -0.355 e. The lowest BCUT2D eigenvalue weighted by Gasteiger charge is -2.39. The number of fused-ring (bicyclic) bond motifs is 1. The summed E-state index contributed by atoms with van der Waals surface area (Å²) < 4.78 is 28.9. The van der Waals surface area contributed by atoms with Gasteiger partial charge in [0, 0.05) is 51.3 Å². The molecule has 2 saturated heterocycles. The van der Waals surface area contributed by atoms with E-state index in [-0.39, 0.29) is 22.6 Å². The number of amides is 2. The summed E-state index contributed by atoms with van der Waals surface area (Å²) in [7, 11) is -3.67. The molecule has 3 heterocycles. The molecule has 0 aliphatic carbocycles. The van der Waals surface area contributed by atoms with Crippen molar-refractivity contribution in [2.75, 3.05) is 39.3 Å². The van der Waals surface area contributed by atoms with Gasteiger partial charge in [-0.15, -0.1) is 4.40 Å². The van der Waals surface area contributed by atoms with Crippen LogP contribution >= 0.6 is 0 Å². The molecule has 1 unspecified atom stereocenters. The molecule has 2 fully saturated rings. The largest absolute Gasteiger partial charge is 0.355 e. The van der Waals surface area contributed by atoms with Crippen molar-refractivity contribution in [2.24, 2.45) is 16.2 Å². The number of nitrogens with zero attached hydrogens (tertiary/aromatic N) is 4. The second kappa shape index (κ2) is 9.21. The van der Waals surface area contributed by atoms with Gasteiger partial charge in [-0.3, -0.25) is 9.59 Å². The summed E-state index contributed by atoms with van der Waals surface area (Å²) in [6.07, 6.45) is 3.05. The number of rotatable bonds is 4. The number of carbonyl (C=O) groups excluding carboxylic acids is 2. The van der Waals surface area contributed by atoms with Crippen molar-refractivity contribution in [2.45, 2.75) is 44.4 Å². The van der Waals surface area contributed by atoms with Gasteiger partial charge in [-0.25, -0.2) is 0 Å². The highest BCUT2D eigenvalue weighted by molar-refractivity contribution is 7.90. The normalized spacial score (nSPS) is 22.7. The third-order valence-corrected chi connectivity index (χ3v) is 7.89. The first kappa shape index (κ1) is 22.8. The molecule has 4 rings (SSSR count). The van der Waals surface area contributed by atoms with E-state index in [4.69, 9.17) is 0 Å². The maximum absolute atomic E-state index is 13.2. The number of benzene rings is 1. The van der Waals surface area contributed by atoms with Crippen LogP contribution in [-0.2, 0) is 19.6 Å². The highest BCUT2D eigenvalue weighted by atomic mass is 32.2. The van der Waals surface area contributed by atoms with Crippen LogP contribution in [0.2, 0.25) is 0 Å². The predicted molar refractivity (Wildman–Crippen MR) is 122 cm³/mol. The van der Waals surface area contributed by atoms with Crippen molar-refractivity contribution < 1.29 is 18.0 Å². The lowest BCUT2D eigenvalue weighted by molar-refractivity contribution is -0.143. The van der Waals surface area contributed by atoms with Gasteiger partial charge in [-0.05, 0) is 37.3 Å². The van der Waals surface area contributed by atoms with E-state index in [2.05, 4.69) is 18.2 Å². The fraction of sp³-hybridized carbons (Fsp3) is 0.609. The number of hydrogen-bond donors (Lipinski definition) is 0. The molecule has 3 aliphatic rings. The van der Waals surface area contributed by atoms with E-state index in [9.17, 15) is 18.0 Å². The zero-order valence-corrected chi connectivity index (χ0v) is 19.7. The highest BCUT2D eigenvalue weighted by Gasteiger charge is 2.37. The van der Waals surface area contributed by atoms with E-state index in [0.29, 0.717) is 63.0 Å². The Kier molecular flexibility index (Phi) is 6.55. The Morgan fingerprint density at radius 3 is 2.47 bits per heavy atom. The molecule has 3 aliphatic heterocycles. The summed E-state index contributed by atoms with van der Waals surface area (Å²) in [6.45, 7) is 7.65. The molecule has 0 radical (unpaired) electrons. The Morgan fingerprint density at radius 2 is 1.75 bits per heavy atom. The SMILES string of the molecule is CC(C)CCC(=O)N1CCN(C(=O)C2CCCN(C3=NS(=O)(=O)c4ccccc43)C2)CC1. The number of amidine groups is 1. The van der Waals surface area contributed by atoms with Crippen LogP contribution in [0.5, 0.6) is 0 Å². The van der Waals surface area contributed by atoms with Crippen LogP contribution < -0.4 is 0 Å². The van der Waals surface area contributed by atoms with E-state index in [1.165, 1.54) is 0 Å². The molecule has 1 aromatic rings. The summed E-state index contributed by atoms with van der Waals surface area (Å²) >= 11 is 0. The molecular weight excluding hydrogens is 428 g/mol. The van der Waals surface area contributed by atoms with Crippen LogP contribution in [0.25, 0.3) is 0 Å². The van der Waals surface area contributed by atoms with E-state index in [1.54, 1.807) is 18.2 Å². The van der Waals surface area contributed by atoms with Crippen LogP contribution in [0, 0.1) is 11.8 Å². The molecule has 0 spiro atoms. The molecule has 0 saturated carbocycles. The summed E-state index contributed by atoms with van der Waals surface area (Å²) in [4.78, 5) is 31.5. The highest BCUT2D eigenvalue weighted by Crippen LogP contribution is 2.30. The van der Waals surface area contributed by atoms with Gasteiger partial charge >= 0.3 is 0 Å². The Balaban J connectivity index is 1.37. The van der Waals surface area contributed by atoms with Crippen LogP contribution in [0.3, 0.4) is 0 Å². The molecule has 1 aromatic carbocycles. The average molecular weight is 461 g/mol. The van der Waals surface area contributed by atoms with Crippen molar-refractivity contribution in [3.05, 3.63) is 29.8 Å². The standard InChI is InChI=1S/C23H32N4O4S/c1-17(2)9-10-21(28)25-12-14-26(15-13-25)23(29)18-6-5-11-27(16-18)22-19-7-3-4-8-20(19)32(30,31)24-22/h3-4,7-8,17-18H,5-6,9-16H2,1-2H3. The lowest BCUT2D eigenvalue weighted by atomic mass is 9.95. The predicted octanol–water partition coefficient (Wildman–Crippen LogP) is 1.95. The summed E-state index contributed by atoms with van der Waals surface area (Å²) in [5, 5.41) is 0. The number of hydrogen-bond acceptors (Lipinski definition) is 5. The monoisotopic (exact) mass is 460 g/mol. The second-order valence-corrected chi connectivity index (χ2v) is 10.9. The van der Waals surface area contributed by atoms with Crippen LogP contribution in [0.15, 0.2) is 33.6 Å². The van der Waals surface area contributed by atoms with Crippen LogP contribution in [-0.4, -0.2) is 80.0 Å². The van der Waals surface area contributed by atoms with Gasteiger partial charge in [0.2, 0.25) is 11.8 Å². The first-order valence-electron chi connectivity index (χ1n) is 11.5. The molecular formula is C23H32N4O4S. The molecule has 0 N–H and O–H groups in total. The third kappa shape index (κ3) is 4.67. The van der Waals surface area contributed by atoms with Crippen LogP contribution in [0.1, 0.15) is 45.1 Å². The maximum Gasteiger partial charge on any atom is 0.285 e. The van der Waals surface area contributed by atoms with Crippen molar-refractivity contribution in [3.63, 3.8) is 0 Å². The molecule has 0 aromatic heterocycles. The Morgan fingerprint density at radius 1 is 1.06 bits per heavy atom. The van der Waals surface area contributed by atoms with Gasteiger partial charge in [0.05, 0.1) is 5.92 Å². The summed E-state index contributed by atoms with van der Waals surface area (Å²) in [6, 6.07) is 6.86. The smallest absolute Gasteiger partial charge is 0.285 e. The molecule has 1 atom stereocenters. The fourth-order valence-electron chi connectivity index (χ4n) is 4.69. The number of piperazine rings is 1. The van der Waals surface area contributed by atoms with Crippen molar-refractivity contribution in [3.8, 4) is 0 Å². The fourth-order valence-corrected chi connectivity index (χ4v) is 5.92. The first-order valence-corrected chi connectivity index (χ1v) is 13.0. The second-order valence-electron chi connectivity index (χ2n) is 9.31. The minimum atomic E-state index is -3.67. The number of piperidine rings is 1. The third-order valence-electron chi connectivity index (χ3n) is 6.56. The molecule has 8 nitrogen and oxygen atoms in total. The lowest BCUT2D eigenvalue weighted by Crippen LogP contribution is -2.54. The molecule has 9 heteroatoms. The summed E-state index contributed by atoms with van der Waals surface area (Å²) in [5.41, 5.74) is 0.620. The Bertz CT molecular complexity index is 1010. The zero-order chi connectivity index (χ0) is 22.9. The number of sulfonamides is 1. The van der Waals surface area contributed by atoms with Gasteiger partial charge in [-0.1, -0.05) is 26.0 Å². The first-order chi connectivity index (χ1) is 15.3. The number of likely N-dealkylation sites (tertiary alicyclic amines) is 1. The van der Waals surface area contributed by atoms with Gasteiger partial charge in [0.25, 0.3) is 10.0 Å². The molecule has 32 heavy (non-hydrogen) atoms. The Labute approximate surface area is 190 Å². The molecule has 2 amide bonds. The van der Waals surface area contributed by atoms with E-state index in [1.807, 2.05) is 20.8 Å². The topological polar surface area (TPSA) is 90.4 Å². The average Bonchev–Trinajstić information content (AvgIpc) is 3.08. The number of carbonyl (C=O) groups is 2. The quantitative estimate of drug-likeness (QED) is 0.685. The van der Waals surface area contributed by atoms with Crippen molar-refractivity contribution in [1.29, 1.82) is 0 Å². The zero-order valence-electron chi connectivity index (χ0n) is 18.9. The molecule has 0 bridgehead atoms. The Hall–Kier alpha value is -2.42. The van der Waals surface area contributed by atoms with Crippen LogP contribution in [0.4, 0.5) is 0 Å². The van der Waals surface area contributed by atoms with Crippen molar-refractivity contribution >= 4 is 27.7 Å². The maximum atomic E-state index is 13.2. The van der Waals surface area contributed by atoms with Gasteiger partial charge < -0.3 is 14.7 Å². The van der Waals surface area contributed by atoms with E-state index < -0.39 is 10.0 Å². The van der Waals surface area contributed by atoms with E-state index >= 15 is 0 Å². The summed E-state index contributed by atoms with van der Waals surface area (Å²) in [5.74, 6) is 1.04. The van der Waals surface area contributed by atoms with Gasteiger partial charge in [-0.2, -0.15) is 8.42 Å². The van der Waals surface area contributed by atoms with Crippen molar-refractivity contribution in [1.82, 2.24) is 14.7 Å². The van der Waals surface area contributed by atoms with E-state index in [0.717, 1.165) is 19.3 Å². The molecule has 174 valence electrons. The van der Waals surface area contributed by atoms with Gasteiger partial charge in [0.1, 0.15) is 4.90 Å². The van der Waals surface area contributed by atoms with Gasteiger partial charge in [0.15, 0.2) is 5.84 Å². The minimum absolute atomic E-state index is 0.0960.